The average Bonchev–Trinajstić information content (AvgIpc) is 2.83. The highest BCUT2D eigenvalue weighted by Crippen LogP contribution is 2.35. The summed E-state index contributed by atoms with van der Waals surface area (Å²) in [4.78, 5) is 15.3. The molecule has 2 atom stereocenters. The number of benzene rings is 2. The molecule has 2 aliphatic heterocycles. The summed E-state index contributed by atoms with van der Waals surface area (Å²) in [5.41, 5.74) is 3.36. The molecule has 0 radical (unpaired) electrons. The van der Waals surface area contributed by atoms with Gasteiger partial charge in [-0.1, -0.05) is 43.7 Å². The van der Waals surface area contributed by atoms with Gasteiger partial charge in [-0.15, -0.1) is 0 Å². The van der Waals surface area contributed by atoms with Gasteiger partial charge in [-0.2, -0.15) is 4.31 Å². The number of piperidine rings is 1. The Labute approximate surface area is 222 Å². The number of hydrogen-bond acceptors (Lipinski definition) is 5. The van der Waals surface area contributed by atoms with Gasteiger partial charge in [0.25, 0.3) is 0 Å². The molecular formula is C29H41N3O4S. The number of morpholine rings is 1. The van der Waals surface area contributed by atoms with Crippen LogP contribution in [-0.4, -0.2) is 68.0 Å². The van der Waals surface area contributed by atoms with Gasteiger partial charge in [0.1, 0.15) is 0 Å². The van der Waals surface area contributed by atoms with Crippen LogP contribution in [0.4, 0.5) is 5.69 Å². The Hall–Kier alpha value is -2.26. The van der Waals surface area contributed by atoms with Crippen LogP contribution in [-0.2, 0) is 19.6 Å². The maximum Gasteiger partial charge on any atom is 0.243 e. The predicted molar refractivity (Wildman–Crippen MR) is 147 cm³/mol. The molecule has 0 aromatic heterocycles. The summed E-state index contributed by atoms with van der Waals surface area (Å²) in [6.07, 6.45) is 2.36. The molecule has 8 heteroatoms. The number of hydrogen-bond donors (Lipinski definition) is 1. The first-order chi connectivity index (χ1) is 17.5. The Balaban J connectivity index is 1.51. The van der Waals surface area contributed by atoms with E-state index in [9.17, 15) is 13.2 Å². The van der Waals surface area contributed by atoms with Crippen molar-refractivity contribution in [1.29, 1.82) is 0 Å². The SMILES string of the molecule is Cc1ccc(S(=O)(=O)N2CC3(CCCN(CC(=O)Nc4cc(C)ccc4C)C3)OC[C@@H]2CC(C)C)cc1. The van der Waals surface area contributed by atoms with Crippen molar-refractivity contribution in [3.05, 3.63) is 59.2 Å². The molecule has 37 heavy (non-hydrogen) atoms. The van der Waals surface area contributed by atoms with E-state index in [1.807, 2.05) is 51.1 Å². The molecule has 2 aromatic rings. The van der Waals surface area contributed by atoms with Crippen molar-refractivity contribution in [2.24, 2.45) is 5.92 Å². The lowest BCUT2D eigenvalue weighted by Crippen LogP contribution is -2.64. The van der Waals surface area contributed by atoms with E-state index in [4.69, 9.17) is 4.74 Å². The van der Waals surface area contributed by atoms with Gasteiger partial charge < -0.3 is 10.1 Å². The molecule has 4 rings (SSSR count). The topological polar surface area (TPSA) is 79.0 Å². The molecule has 2 aliphatic rings. The summed E-state index contributed by atoms with van der Waals surface area (Å²) >= 11 is 0. The van der Waals surface area contributed by atoms with Crippen molar-refractivity contribution < 1.29 is 17.9 Å². The van der Waals surface area contributed by atoms with Crippen LogP contribution in [0.1, 0.15) is 49.8 Å². The van der Waals surface area contributed by atoms with Gasteiger partial charge in [0.15, 0.2) is 0 Å². The van der Waals surface area contributed by atoms with E-state index in [1.54, 1.807) is 16.4 Å². The zero-order valence-corrected chi connectivity index (χ0v) is 23.6. The Bertz CT molecular complexity index is 1210. The molecule has 1 N–H and O–H groups in total. The standard InChI is InChI=1S/C29H41N3O4S/c1-21(2)15-25-18-36-29(20-32(25)37(34,35)26-11-8-22(3)9-12-26)13-6-14-31(19-29)17-28(33)30-27-16-23(4)7-10-24(27)5/h7-12,16,21,25H,6,13-15,17-20H2,1-5H3,(H,30,33)/t25-,29?/m0/s1. The van der Waals surface area contributed by atoms with Crippen LogP contribution in [0, 0.1) is 26.7 Å². The molecule has 1 spiro atoms. The molecular weight excluding hydrogens is 486 g/mol. The van der Waals surface area contributed by atoms with Gasteiger partial charge in [-0.05, 0) is 81.8 Å². The number of nitrogens with zero attached hydrogens (tertiary/aromatic N) is 2. The number of sulfonamides is 1. The number of amides is 1. The van der Waals surface area contributed by atoms with E-state index in [1.165, 1.54) is 0 Å². The number of carbonyl (C=O) groups is 1. The molecule has 2 heterocycles. The van der Waals surface area contributed by atoms with E-state index in [0.29, 0.717) is 30.5 Å². The van der Waals surface area contributed by atoms with Gasteiger partial charge in [-0.25, -0.2) is 8.42 Å². The first kappa shape index (κ1) is 27.8. The minimum absolute atomic E-state index is 0.0663. The minimum atomic E-state index is -3.68. The Morgan fingerprint density at radius 3 is 2.49 bits per heavy atom. The van der Waals surface area contributed by atoms with E-state index in [0.717, 1.165) is 48.2 Å². The summed E-state index contributed by atoms with van der Waals surface area (Å²) in [6, 6.07) is 12.9. The monoisotopic (exact) mass is 527 g/mol. The maximum absolute atomic E-state index is 13.8. The number of rotatable bonds is 7. The van der Waals surface area contributed by atoms with Crippen LogP contribution in [0.5, 0.6) is 0 Å². The molecule has 0 saturated carbocycles. The van der Waals surface area contributed by atoms with Crippen LogP contribution in [0.2, 0.25) is 0 Å². The molecule has 202 valence electrons. The van der Waals surface area contributed by atoms with E-state index in [2.05, 4.69) is 24.1 Å². The Morgan fingerprint density at radius 2 is 1.78 bits per heavy atom. The number of carbonyl (C=O) groups excluding carboxylic acids is 1. The van der Waals surface area contributed by atoms with E-state index < -0.39 is 15.6 Å². The smallest absolute Gasteiger partial charge is 0.243 e. The third-order valence-electron chi connectivity index (χ3n) is 7.46. The number of nitrogens with one attached hydrogen (secondary N) is 1. The van der Waals surface area contributed by atoms with Gasteiger partial charge >= 0.3 is 0 Å². The third-order valence-corrected chi connectivity index (χ3v) is 9.37. The summed E-state index contributed by atoms with van der Waals surface area (Å²) in [5, 5.41) is 3.05. The van der Waals surface area contributed by atoms with Crippen LogP contribution >= 0.6 is 0 Å². The molecule has 1 amide bonds. The Kier molecular flexibility index (Phi) is 8.43. The van der Waals surface area contributed by atoms with Crippen LogP contribution in [0.25, 0.3) is 0 Å². The third kappa shape index (κ3) is 6.60. The fraction of sp³-hybridized carbons (Fsp3) is 0.552. The average molecular weight is 528 g/mol. The zero-order valence-electron chi connectivity index (χ0n) is 22.8. The van der Waals surface area contributed by atoms with Gasteiger partial charge in [0, 0.05) is 24.8 Å². The zero-order chi connectivity index (χ0) is 26.8. The molecule has 7 nitrogen and oxygen atoms in total. The van der Waals surface area contributed by atoms with Crippen molar-refractivity contribution in [2.75, 3.05) is 38.1 Å². The number of anilines is 1. The lowest BCUT2D eigenvalue weighted by atomic mass is 9.89. The van der Waals surface area contributed by atoms with Crippen molar-refractivity contribution in [3.8, 4) is 0 Å². The number of ether oxygens (including phenoxy) is 1. The second-order valence-corrected chi connectivity index (χ2v) is 13.2. The lowest BCUT2D eigenvalue weighted by Gasteiger charge is -2.50. The highest BCUT2D eigenvalue weighted by atomic mass is 32.2. The number of likely N-dealkylation sites (tertiary alicyclic amines) is 1. The summed E-state index contributed by atoms with van der Waals surface area (Å²) in [6.45, 7) is 12.4. The largest absolute Gasteiger partial charge is 0.371 e. The summed E-state index contributed by atoms with van der Waals surface area (Å²) in [7, 11) is -3.68. The van der Waals surface area contributed by atoms with Crippen LogP contribution in [0.15, 0.2) is 47.4 Å². The second kappa shape index (κ2) is 11.2. The molecule has 2 fully saturated rings. The van der Waals surface area contributed by atoms with Crippen LogP contribution in [0.3, 0.4) is 0 Å². The van der Waals surface area contributed by atoms with E-state index in [-0.39, 0.29) is 18.5 Å². The predicted octanol–water partition coefficient (Wildman–Crippen LogP) is 4.52. The van der Waals surface area contributed by atoms with Crippen molar-refractivity contribution in [3.63, 3.8) is 0 Å². The highest BCUT2D eigenvalue weighted by molar-refractivity contribution is 7.89. The minimum Gasteiger partial charge on any atom is -0.371 e. The van der Waals surface area contributed by atoms with Crippen molar-refractivity contribution in [2.45, 2.75) is 70.4 Å². The molecule has 0 aliphatic carbocycles. The van der Waals surface area contributed by atoms with Gasteiger partial charge in [-0.3, -0.25) is 9.69 Å². The normalized spacial score (nSPS) is 23.5. The van der Waals surface area contributed by atoms with E-state index >= 15 is 0 Å². The molecule has 2 saturated heterocycles. The summed E-state index contributed by atoms with van der Waals surface area (Å²) < 4.78 is 35.8. The molecule has 1 unspecified atom stereocenters. The fourth-order valence-electron chi connectivity index (χ4n) is 5.51. The van der Waals surface area contributed by atoms with Gasteiger partial charge in [0.2, 0.25) is 15.9 Å². The lowest BCUT2D eigenvalue weighted by molar-refractivity contribution is -0.146. The quantitative estimate of drug-likeness (QED) is 0.573. The van der Waals surface area contributed by atoms with Crippen molar-refractivity contribution in [1.82, 2.24) is 9.21 Å². The maximum atomic E-state index is 13.8. The second-order valence-electron chi connectivity index (χ2n) is 11.3. The fourth-order valence-corrected chi connectivity index (χ4v) is 7.20. The molecule has 0 bridgehead atoms. The highest BCUT2D eigenvalue weighted by Gasteiger charge is 2.47. The Morgan fingerprint density at radius 1 is 1.08 bits per heavy atom. The number of aryl methyl sites for hydroxylation is 3. The first-order valence-corrected chi connectivity index (χ1v) is 14.7. The van der Waals surface area contributed by atoms with Gasteiger partial charge in [0.05, 0.1) is 23.6 Å². The van der Waals surface area contributed by atoms with Crippen LogP contribution < -0.4 is 5.32 Å². The molecule has 2 aromatic carbocycles. The first-order valence-electron chi connectivity index (χ1n) is 13.3. The summed E-state index contributed by atoms with van der Waals surface area (Å²) in [5.74, 6) is 0.276. The van der Waals surface area contributed by atoms with Crippen molar-refractivity contribution >= 4 is 21.6 Å².